The fourth-order valence-corrected chi connectivity index (χ4v) is 1.74. The average molecular weight is 276 g/mol. The molecule has 0 saturated heterocycles. The van der Waals surface area contributed by atoms with E-state index < -0.39 is 6.43 Å². The molecular weight excluding hydrogens is 262 g/mol. The Balaban J connectivity index is 2.36. The van der Waals surface area contributed by atoms with Gasteiger partial charge in [-0.25, -0.2) is 8.78 Å². The lowest BCUT2D eigenvalue weighted by Crippen LogP contribution is -1.90. The summed E-state index contributed by atoms with van der Waals surface area (Å²) in [7, 11) is 0. The Bertz CT molecular complexity index is 654. The van der Waals surface area contributed by atoms with Crippen molar-refractivity contribution >= 4 is 22.7 Å². The molecule has 0 bridgehead atoms. The van der Waals surface area contributed by atoms with Crippen LogP contribution in [0.3, 0.4) is 0 Å². The molecule has 4 nitrogen and oxygen atoms in total. The van der Waals surface area contributed by atoms with Gasteiger partial charge in [-0.1, -0.05) is 0 Å². The lowest BCUT2D eigenvalue weighted by atomic mass is 10.1. The molecule has 6 heteroatoms. The molecule has 2 rings (SSSR count). The predicted molar refractivity (Wildman–Crippen MR) is 75.6 cm³/mol. The molecule has 0 fully saturated rings. The zero-order chi connectivity index (χ0) is 14.7. The molecule has 0 spiro atoms. The highest BCUT2D eigenvalue weighted by molar-refractivity contribution is 5.57. The molecule has 0 aromatic heterocycles. The van der Waals surface area contributed by atoms with Crippen LogP contribution in [0, 0.1) is 6.92 Å². The maximum absolute atomic E-state index is 12.9. The fraction of sp³-hybridized carbons (Fsp3) is 0.143. The Morgan fingerprint density at radius 3 is 2.05 bits per heavy atom. The molecule has 20 heavy (non-hydrogen) atoms. The molecule has 0 atom stereocenters. The minimum Gasteiger partial charge on any atom is -0.399 e. The molecular formula is C14H14F2N4. The first-order valence-electron chi connectivity index (χ1n) is 5.93. The molecule has 0 radical (unpaired) electrons. The Kier molecular flexibility index (Phi) is 3.93. The molecule has 0 heterocycles. The summed E-state index contributed by atoms with van der Waals surface area (Å²) in [6, 6.07) is 9.25. The van der Waals surface area contributed by atoms with Crippen molar-refractivity contribution < 1.29 is 8.78 Å². The number of anilines is 2. The van der Waals surface area contributed by atoms with Crippen molar-refractivity contribution in [1.82, 2.24) is 0 Å². The number of rotatable bonds is 3. The lowest BCUT2D eigenvalue weighted by Gasteiger charge is -2.05. The number of benzene rings is 2. The van der Waals surface area contributed by atoms with Gasteiger partial charge in [-0.2, -0.15) is 10.2 Å². The number of nitrogens with zero attached hydrogens (tertiary/aromatic N) is 2. The SMILES string of the molecule is Cc1cc(N)ccc1/N=N/c1ccc(N)cc1C(F)F. The maximum atomic E-state index is 12.9. The van der Waals surface area contributed by atoms with Crippen LogP contribution in [0.25, 0.3) is 0 Å². The highest BCUT2D eigenvalue weighted by Gasteiger charge is 2.13. The van der Waals surface area contributed by atoms with Gasteiger partial charge in [0, 0.05) is 16.9 Å². The first kappa shape index (κ1) is 13.9. The Labute approximate surface area is 115 Å². The third-order valence-corrected chi connectivity index (χ3v) is 2.77. The van der Waals surface area contributed by atoms with Crippen LogP contribution in [-0.4, -0.2) is 0 Å². The normalized spacial score (nSPS) is 11.4. The molecule has 0 saturated carbocycles. The number of azo groups is 1. The molecule has 4 N–H and O–H groups in total. The van der Waals surface area contributed by atoms with E-state index in [-0.39, 0.29) is 16.9 Å². The van der Waals surface area contributed by atoms with Crippen molar-refractivity contribution in [2.45, 2.75) is 13.3 Å². The zero-order valence-corrected chi connectivity index (χ0v) is 10.8. The van der Waals surface area contributed by atoms with Crippen molar-refractivity contribution in [1.29, 1.82) is 0 Å². The lowest BCUT2D eigenvalue weighted by molar-refractivity contribution is 0.152. The van der Waals surface area contributed by atoms with Gasteiger partial charge < -0.3 is 11.5 Å². The summed E-state index contributed by atoms with van der Waals surface area (Å²) < 4.78 is 25.8. The Morgan fingerprint density at radius 2 is 1.45 bits per heavy atom. The van der Waals surface area contributed by atoms with Crippen molar-refractivity contribution in [2.75, 3.05) is 11.5 Å². The molecule has 0 amide bonds. The smallest absolute Gasteiger partial charge is 0.266 e. The number of nitrogens with two attached hydrogens (primary N) is 2. The first-order chi connectivity index (χ1) is 9.47. The van der Waals surface area contributed by atoms with Crippen molar-refractivity contribution in [2.24, 2.45) is 10.2 Å². The van der Waals surface area contributed by atoms with Crippen LogP contribution in [0.5, 0.6) is 0 Å². The van der Waals surface area contributed by atoms with Gasteiger partial charge in [0.2, 0.25) is 0 Å². The van der Waals surface area contributed by atoms with E-state index in [2.05, 4.69) is 10.2 Å². The van der Waals surface area contributed by atoms with Crippen LogP contribution < -0.4 is 11.5 Å². The molecule has 0 aliphatic rings. The maximum Gasteiger partial charge on any atom is 0.266 e. The third-order valence-electron chi connectivity index (χ3n) is 2.77. The minimum absolute atomic E-state index is 0.102. The topological polar surface area (TPSA) is 76.8 Å². The summed E-state index contributed by atoms with van der Waals surface area (Å²) in [6.07, 6.45) is -2.65. The third kappa shape index (κ3) is 3.09. The van der Waals surface area contributed by atoms with Crippen molar-refractivity contribution in [3.8, 4) is 0 Å². The predicted octanol–water partition coefficient (Wildman–Crippen LogP) is 4.51. The second-order valence-electron chi connectivity index (χ2n) is 4.36. The monoisotopic (exact) mass is 276 g/mol. The fourth-order valence-electron chi connectivity index (χ4n) is 1.74. The number of halogens is 2. The second kappa shape index (κ2) is 5.64. The van der Waals surface area contributed by atoms with Crippen molar-refractivity contribution in [3.05, 3.63) is 47.5 Å². The van der Waals surface area contributed by atoms with E-state index in [4.69, 9.17) is 11.5 Å². The van der Waals surface area contributed by atoms with Gasteiger partial charge in [-0.15, -0.1) is 0 Å². The van der Waals surface area contributed by atoms with E-state index in [0.29, 0.717) is 11.4 Å². The van der Waals surface area contributed by atoms with Crippen LogP contribution in [0.2, 0.25) is 0 Å². The van der Waals surface area contributed by atoms with Crippen molar-refractivity contribution in [3.63, 3.8) is 0 Å². The van der Waals surface area contributed by atoms with E-state index in [0.717, 1.165) is 5.56 Å². The summed E-state index contributed by atoms with van der Waals surface area (Å²) in [6.45, 7) is 1.82. The van der Waals surface area contributed by atoms with Crippen LogP contribution >= 0.6 is 0 Å². The van der Waals surface area contributed by atoms with E-state index >= 15 is 0 Å². The number of hydrogen-bond donors (Lipinski definition) is 2. The van der Waals surface area contributed by atoms with Gasteiger partial charge in [-0.05, 0) is 48.9 Å². The molecule has 2 aromatic carbocycles. The summed E-state index contributed by atoms with van der Waals surface area (Å²) in [5, 5.41) is 7.86. The number of nitrogen functional groups attached to an aromatic ring is 2. The van der Waals surface area contributed by atoms with Crippen LogP contribution in [0.15, 0.2) is 46.6 Å². The highest BCUT2D eigenvalue weighted by Crippen LogP contribution is 2.32. The second-order valence-corrected chi connectivity index (χ2v) is 4.36. The first-order valence-corrected chi connectivity index (χ1v) is 5.93. The Hall–Kier alpha value is -2.50. The number of aryl methyl sites for hydroxylation is 1. The Morgan fingerprint density at radius 1 is 0.900 bits per heavy atom. The number of alkyl halides is 2. The van der Waals surface area contributed by atoms with Crippen LogP contribution in [-0.2, 0) is 0 Å². The summed E-state index contributed by atoms with van der Waals surface area (Å²) >= 11 is 0. The molecule has 0 aliphatic heterocycles. The molecule has 0 aliphatic carbocycles. The van der Waals surface area contributed by atoms with E-state index in [1.165, 1.54) is 18.2 Å². The van der Waals surface area contributed by atoms with Gasteiger partial charge in [0.15, 0.2) is 0 Å². The highest BCUT2D eigenvalue weighted by atomic mass is 19.3. The zero-order valence-electron chi connectivity index (χ0n) is 10.8. The van der Waals surface area contributed by atoms with Gasteiger partial charge in [0.1, 0.15) is 0 Å². The molecule has 2 aromatic rings. The molecule has 104 valence electrons. The standard InChI is InChI=1S/C14H14F2N4/c1-8-6-9(17)2-4-12(8)19-20-13-5-3-10(18)7-11(13)14(15)16/h2-7,14H,17-18H2,1H3/b20-19+. The van der Waals surface area contributed by atoms with Gasteiger partial charge in [0.25, 0.3) is 6.43 Å². The van der Waals surface area contributed by atoms with E-state index in [9.17, 15) is 8.78 Å². The van der Waals surface area contributed by atoms with Gasteiger partial charge in [0.05, 0.1) is 11.4 Å². The van der Waals surface area contributed by atoms with E-state index in [1.54, 1.807) is 18.2 Å². The quantitative estimate of drug-likeness (QED) is 0.639. The van der Waals surface area contributed by atoms with E-state index in [1.807, 2.05) is 6.92 Å². The number of hydrogen-bond acceptors (Lipinski definition) is 4. The minimum atomic E-state index is -2.65. The summed E-state index contributed by atoms with van der Waals surface area (Å²) in [5.74, 6) is 0. The van der Waals surface area contributed by atoms with Gasteiger partial charge in [-0.3, -0.25) is 0 Å². The van der Waals surface area contributed by atoms with Crippen LogP contribution in [0.4, 0.5) is 31.5 Å². The average Bonchev–Trinajstić information content (AvgIpc) is 2.38. The summed E-state index contributed by atoms with van der Waals surface area (Å²) in [5.41, 5.74) is 13.3. The molecule has 0 unspecified atom stereocenters. The summed E-state index contributed by atoms with van der Waals surface area (Å²) in [4.78, 5) is 0. The van der Waals surface area contributed by atoms with Gasteiger partial charge >= 0.3 is 0 Å². The van der Waals surface area contributed by atoms with Crippen LogP contribution in [0.1, 0.15) is 17.6 Å². The largest absolute Gasteiger partial charge is 0.399 e.